The first-order valence-electron chi connectivity index (χ1n) is 4.91. The molecule has 1 unspecified atom stereocenters. The Kier molecular flexibility index (Phi) is 2.35. The van der Waals surface area contributed by atoms with Crippen molar-refractivity contribution < 1.29 is 8.42 Å². The molecule has 3 aliphatic rings. The highest BCUT2D eigenvalue weighted by Crippen LogP contribution is 2.32. The van der Waals surface area contributed by atoms with E-state index in [1.165, 1.54) is 11.1 Å². The SMILES string of the molecule is CC1CCCS1(=O)=O.c1cc2cc-2c1. The molecule has 76 valence electrons. The molecular formula is C11H14O2S. The van der Waals surface area contributed by atoms with Gasteiger partial charge in [-0.3, -0.25) is 0 Å². The van der Waals surface area contributed by atoms with Gasteiger partial charge < -0.3 is 0 Å². The first-order chi connectivity index (χ1) is 6.59. The highest BCUT2D eigenvalue weighted by Gasteiger charge is 2.26. The number of hydrogen-bond acceptors (Lipinski definition) is 2. The predicted molar refractivity (Wildman–Crippen MR) is 57.9 cm³/mol. The third-order valence-corrected chi connectivity index (χ3v) is 5.08. The largest absolute Gasteiger partial charge is 0.229 e. The Balaban J connectivity index is 0.000000110. The van der Waals surface area contributed by atoms with Gasteiger partial charge in [-0.1, -0.05) is 18.2 Å². The van der Waals surface area contributed by atoms with Crippen molar-refractivity contribution in [1.82, 2.24) is 0 Å². The Morgan fingerprint density at radius 2 is 1.93 bits per heavy atom. The minimum atomic E-state index is -2.62. The van der Waals surface area contributed by atoms with Gasteiger partial charge >= 0.3 is 0 Å². The monoisotopic (exact) mass is 210 g/mol. The van der Waals surface area contributed by atoms with Gasteiger partial charge in [0.2, 0.25) is 0 Å². The zero-order valence-corrected chi connectivity index (χ0v) is 9.05. The Morgan fingerprint density at radius 3 is 2.07 bits per heavy atom. The summed E-state index contributed by atoms with van der Waals surface area (Å²) in [6.45, 7) is 1.78. The lowest BCUT2D eigenvalue weighted by molar-refractivity contribution is 0.593. The summed E-state index contributed by atoms with van der Waals surface area (Å²) in [5.74, 6) is 0.411. The fraction of sp³-hybridized carbons (Fsp3) is 0.455. The fourth-order valence-corrected chi connectivity index (χ4v) is 3.13. The summed E-state index contributed by atoms with van der Waals surface area (Å²) >= 11 is 0. The lowest BCUT2D eigenvalue weighted by atomic mass is 10.3. The van der Waals surface area contributed by atoms with Crippen LogP contribution in [0.15, 0.2) is 24.3 Å². The van der Waals surface area contributed by atoms with Crippen LogP contribution in [0.3, 0.4) is 0 Å². The minimum Gasteiger partial charge on any atom is -0.229 e. The molecule has 3 heteroatoms. The molecule has 0 aromatic carbocycles. The summed E-state index contributed by atoms with van der Waals surface area (Å²) < 4.78 is 21.5. The Labute approximate surface area is 84.9 Å². The van der Waals surface area contributed by atoms with E-state index in [-0.39, 0.29) is 5.25 Å². The molecule has 3 rings (SSSR count). The van der Waals surface area contributed by atoms with Gasteiger partial charge in [-0.15, -0.1) is 0 Å². The Hall–Kier alpha value is -0.830. The first kappa shape index (κ1) is 9.71. The number of benzene rings is 1. The van der Waals surface area contributed by atoms with E-state index in [1.54, 1.807) is 6.92 Å². The van der Waals surface area contributed by atoms with Crippen LogP contribution in [-0.2, 0) is 9.84 Å². The van der Waals surface area contributed by atoms with Crippen LogP contribution < -0.4 is 0 Å². The van der Waals surface area contributed by atoms with Crippen molar-refractivity contribution in [1.29, 1.82) is 0 Å². The van der Waals surface area contributed by atoms with Gasteiger partial charge in [0.1, 0.15) is 0 Å². The van der Waals surface area contributed by atoms with Crippen LogP contribution in [0.25, 0.3) is 11.1 Å². The average Bonchev–Trinajstić information content (AvgIpc) is 2.60. The molecule has 0 radical (unpaired) electrons. The summed E-state index contributed by atoms with van der Waals surface area (Å²) in [6.07, 6.45) is 1.73. The maximum absolute atomic E-state index is 10.8. The van der Waals surface area contributed by atoms with E-state index in [4.69, 9.17) is 0 Å². The van der Waals surface area contributed by atoms with Crippen molar-refractivity contribution in [3.05, 3.63) is 24.3 Å². The van der Waals surface area contributed by atoms with E-state index in [0.29, 0.717) is 5.75 Å². The van der Waals surface area contributed by atoms with Gasteiger partial charge in [0.25, 0.3) is 0 Å². The first-order valence-corrected chi connectivity index (χ1v) is 6.63. The molecule has 2 aliphatic carbocycles. The summed E-state index contributed by atoms with van der Waals surface area (Å²) in [4.78, 5) is 0. The van der Waals surface area contributed by atoms with Crippen LogP contribution in [0.5, 0.6) is 0 Å². The molecule has 1 fully saturated rings. The molecule has 1 aliphatic heterocycles. The summed E-state index contributed by atoms with van der Waals surface area (Å²) in [7, 11) is -2.62. The van der Waals surface area contributed by atoms with Crippen molar-refractivity contribution in [3.8, 4) is 11.1 Å². The van der Waals surface area contributed by atoms with Gasteiger partial charge in [-0.25, -0.2) is 8.42 Å². The van der Waals surface area contributed by atoms with Crippen LogP contribution in [0.4, 0.5) is 0 Å². The molecule has 14 heavy (non-hydrogen) atoms. The van der Waals surface area contributed by atoms with Crippen LogP contribution in [0.2, 0.25) is 0 Å². The molecule has 1 saturated heterocycles. The number of hydrogen-bond donors (Lipinski definition) is 0. The lowest BCUT2D eigenvalue weighted by Gasteiger charge is -1.96. The van der Waals surface area contributed by atoms with Crippen molar-refractivity contribution in [2.24, 2.45) is 0 Å². The van der Waals surface area contributed by atoms with Gasteiger partial charge in [0, 0.05) is 0 Å². The molecule has 0 aromatic heterocycles. The molecule has 0 saturated carbocycles. The van der Waals surface area contributed by atoms with E-state index >= 15 is 0 Å². The van der Waals surface area contributed by atoms with Gasteiger partial charge in [0.15, 0.2) is 9.84 Å². The van der Waals surface area contributed by atoms with E-state index in [2.05, 4.69) is 24.3 Å². The van der Waals surface area contributed by atoms with Crippen molar-refractivity contribution in [2.45, 2.75) is 25.0 Å². The van der Waals surface area contributed by atoms with Crippen molar-refractivity contribution >= 4 is 9.84 Å². The summed E-state index contributed by atoms with van der Waals surface area (Å²) in [6, 6.07) is 8.48. The van der Waals surface area contributed by atoms with E-state index in [0.717, 1.165) is 12.8 Å². The molecule has 0 bridgehead atoms. The smallest absolute Gasteiger partial charge is 0.152 e. The van der Waals surface area contributed by atoms with Crippen molar-refractivity contribution in [3.63, 3.8) is 0 Å². The number of sulfone groups is 1. The molecule has 1 atom stereocenters. The average molecular weight is 210 g/mol. The van der Waals surface area contributed by atoms with E-state index in [9.17, 15) is 8.42 Å². The van der Waals surface area contributed by atoms with E-state index < -0.39 is 9.84 Å². The molecular weight excluding hydrogens is 196 g/mol. The van der Waals surface area contributed by atoms with Gasteiger partial charge in [0.05, 0.1) is 11.0 Å². The molecule has 0 aromatic rings. The second-order valence-electron chi connectivity index (χ2n) is 3.90. The van der Waals surface area contributed by atoms with E-state index in [1.807, 2.05) is 0 Å². The molecule has 1 heterocycles. The molecule has 0 spiro atoms. The van der Waals surface area contributed by atoms with Crippen LogP contribution in [-0.4, -0.2) is 19.4 Å². The Bertz CT molecular complexity index is 417. The zero-order valence-electron chi connectivity index (χ0n) is 8.23. The number of rotatable bonds is 0. The predicted octanol–water partition coefficient (Wildman–Crippen LogP) is 2.25. The third kappa shape index (κ3) is 1.98. The minimum absolute atomic E-state index is 0.0671. The maximum Gasteiger partial charge on any atom is 0.152 e. The van der Waals surface area contributed by atoms with Crippen LogP contribution in [0, 0.1) is 0 Å². The zero-order chi connectivity index (χ0) is 10.2. The highest BCUT2D eigenvalue weighted by atomic mass is 32.2. The summed E-state index contributed by atoms with van der Waals surface area (Å²) in [5, 5.41) is -0.0671. The lowest BCUT2D eigenvalue weighted by Crippen LogP contribution is -2.10. The Morgan fingerprint density at radius 1 is 1.29 bits per heavy atom. The second-order valence-corrected chi connectivity index (χ2v) is 6.44. The van der Waals surface area contributed by atoms with Gasteiger partial charge in [-0.2, -0.15) is 0 Å². The van der Waals surface area contributed by atoms with Crippen molar-refractivity contribution in [2.75, 3.05) is 5.75 Å². The van der Waals surface area contributed by atoms with Crippen LogP contribution in [0.1, 0.15) is 19.8 Å². The third-order valence-electron chi connectivity index (χ3n) is 2.77. The highest BCUT2D eigenvalue weighted by molar-refractivity contribution is 7.92. The quantitative estimate of drug-likeness (QED) is 0.668. The standard InChI is InChI=1S/C6H4.C5H10O2S/c1-2-5-4-6(5)3-1;1-5-3-2-4-8(5,6)7/h1-4H;5H,2-4H2,1H3. The molecule has 0 amide bonds. The normalized spacial score (nSPS) is 25.1. The van der Waals surface area contributed by atoms with Gasteiger partial charge in [-0.05, 0) is 37.0 Å². The molecule has 2 nitrogen and oxygen atoms in total. The number of fused-ring (bicyclic) bond motifs is 1. The molecule has 0 N–H and O–H groups in total. The topological polar surface area (TPSA) is 34.1 Å². The second kappa shape index (κ2) is 3.39. The summed E-state index contributed by atoms with van der Waals surface area (Å²) in [5.41, 5.74) is 2.85. The maximum atomic E-state index is 10.8. The van der Waals surface area contributed by atoms with Crippen LogP contribution >= 0.6 is 0 Å². The fourth-order valence-electron chi connectivity index (χ4n) is 1.63.